The van der Waals surface area contributed by atoms with Gasteiger partial charge in [0.2, 0.25) is 0 Å². The van der Waals surface area contributed by atoms with Crippen LogP contribution in [-0.2, 0) is 4.79 Å². The van der Waals surface area contributed by atoms with Crippen LogP contribution in [0, 0.1) is 0 Å². The maximum atomic E-state index is 11.0. The number of nitrogens with one attached hydrogen (secondary N) is 1. The van der Waals surface area contributed by atoms with E-state index in [1.807, 2.05) is 19.1 Å². The number of fused-ring (bicyclic) bond motifs is 1. The number of carbonyl (C=O) groups excluding carboxylic acids is 1. The van der Waals surface area contributed by atoms with Gasteiger partial charge in [0.15, 0.2) is 0 Å². The number of aromatic amines is 1. The van der Waals surface area contributed by atoms with Crippen molar-refractivity contribution in [2.75, 3.05) is 12.4 Å². The molecule has 1 N–H and O–H groups in total. The first-order valence-electron chi connectivity index (χ1n) is 5.17. The fourth-order valence-electron chi connectivity index (χ4n) is 1.41. The molecule has 18 heavy (non-hydrogen) atoms. The number of rotatable bonds is 4. The van der Waals surface area contributed by atoms with E-state index in [0.29, 0.717) is 12.1 Å². The van der Waals surface area contributed by atoms with Gasteiger partial charge in [-0.05, 0) is 19.1 Å². The molecule has 2 rings (SSSR count). The van der Waals surface area contributed by atoms with Crippen molar-refractivity contribution in [1.29, 1.82) is 0 Å². The number of esters is 1. The molecule has 1 aromatic heterocycles. The Morgan fingerprint density at radius 3 is 2.94 bits per heavy atom. The van der Waals surface area contributed by atoms with Gasteiger partial charge < -0.3 is 14.5 Å². The Morgan fingerprint density at radius 1 is 1.50 bits per heavy atom. The minimum absolute atomic E-state index is 0. The van der Waals surface area contributed by atoms with Gasteiger partial charge in [0.05, 0.1) is 23.4 Å². The Bertz CT molecular complexity index is 544. The molecule has 0 unspecified atom stereocenters. The van der Waals surface area contributed by atoms with Crippen LogP contribution in [0.3, 0.4) is 0 Å². The molecule has 0 saturated heterocycles. The Balaban J connectivity index is 0.00000162. The zero-order valence-corrected chi connectivity index (χ0v) is 10.2. The fourth-order valence-corrected chi connectivity index (χ4v) is 1.47. The molecule has 2 aromatic rings. The van der Waals surface area contributed by atoms with Gasteiger partial charge in [0.1, 0.15) is 5.75 Å². The van der Waals surface area contributed by atoms with Crippen LogP contribution in [0.4, 0.5) is 0 Å². The number of benzene rings is 1. The summed E-state index contributed by atoms with van der Waals surface area (Å²) in [6, 6.07) is 5.61. The molecule has 0 radical (unpaired) electrons. The molecular formula is C11H13N2NaO3S. The van der Waals surface area contributed by atoms with Gasteiger partial charge in [0.25, 0.3) is 0 Å². The van der Waals surface area contributed by atoms with E-state index in [1.54, 1.807) is 6.07 Å². The quantitative estimate of drug-likeness (QED) is 0.499. The van der Waals surface area contributed by atoms with Gasteiger partial charge in [-0.25, -0.2) is 0 Å². The van der Waals surface area contributed by atoms with Crippen LogP contribution in [-0.4, -0.2) is 57.9 Å². The van der Waals surface area contributed by atoms with Gasteiger partial charge in [-0.3, -0.25) is 4.79 Å². The van der Waals surface area contributed by atoms with Crippen LogP contribution in [0.25, 0.3) is 11.0 Å². The third kappa shape index (κ3) is 3.65. The van der Waals surface area contributed by atoms with Gasteiger partial charge in [-0.1, -0.05) is 0 Å². The minimum atomic E-state index is -0.447. The van der Waals surface area contributed by atoms with Crippen LogP contribution >= 0.6 is 12.6 Å². The summed E-state index contributed by atoms with van der Waals surface area (Å²) in [5.74, 6) is 0.303. The van der Waals surface area contributed by atoms with Crippen molar-refractivity contribution in [3.63, 3.8) is 0 Å². The molecule has 0 aliphatic heterocycles. The van der Waals surface area contributed by atoms with E-state index in [-0.39, 0.29) is 41.3 Å². The van der Waals surface area contributed by atoms with E-state index in [0.717, 1.165) is 11.3 Å². The second kappa shape index (κ2) is 7.04. The first-order chi connectivity index (χ1) is 8.22. The standard InChI is InChI=1S/C11H12N2O3S.Na.H/c1-2-15-7-3-4-8-9(5-7)13-11(12-8)16-10(14)6-17;;/h3-5,17H,2,6H2,1H3,(H,12,13);;. The van der Waals surface area contributed by atoms with E-state index in [9.17, 15) is 4.79 Å². The van der Waals surface area contributed by atoms with Crippen molar-refractivity contribution in [2.24, 2.45) is 0 Å². The topological polar surface area (TPSA) is 64.2 Å². The normalized spacial score (nSPS) is 9.89. The van der Waals surface area contributed by atoms with Crippen molar-refractivity contribution in [3.8, 4) is 11.8 Å². The van der Waals surface area contributed by atoms with Gasteiger partial charge >= 0.3 is 41.5 Å². The maximum absolute atomic E-state index is 11.0. The second-order valence-electron chi connectivity index (χ2n) is 3.29. The molecule has 0 amide bonds. The van der Waals surface area contributed by atoms with Crippen LogP contribution in [0.1, 0.15) is 6.92 Å². The average molecular weight is 276 g/mol. The van der Waals surface area contributed by atoms with E-state index in [2.05, 4.69) is 22.6 Å². The molecule has 0 fully saturated rings. The molecule has 1 heterocycles. The van der Waals surface area contributed by atoms with Crippen molar-refractivity contribution < 1.29 is 14.3 Å². The number of carbonyl (C=O) groups is 1. The summed E-state index contributed by atoms with van der Waals surface area (Å²) in [4.78, 5) is 18.1. The second-order valence-corrected chi connectivity index (χ2v) is 3.60. The number of nitrogens with zero attached hydrogens (tertiary/aromatic N) is 1. The van der Waals surface area contributed by atoms with E-state index >= 15 is 0 Å². The molecule has 7 heteroatoms. The molecule has 0 aliphatic carbocycles. The first kappa shape index (κ1) is 15.4. The van der Waals surface area contributed by atoms with Gasteiger partial charge in [-0.2, -0.15) is 17.6 Å². The Hall–Kier alpha value is -0.690. The van der Waals surface area contributed by atoms with E-state index < -0.39 is 5.97 Å². The van der Waals surface area contributed by atoms with Crippen molar-refractivity contribution >= 4 is 59.2 Å². The number of H-pyrrole nitrogens is 1. The first-order valence-corrected chi connectivity index (χ1v) is 5.80. The van der Waals surface area contributed by atoms with Crippen molar-refractivity contribution in [2.45, 2.75) is 6.92 Å². The number of ether oxygens (including phenoxy) is 2. The third-order valence-corrected chi connectivity index (χ3v) is 2.34. The van der Waals surface area contributed by atoms with Crippen LogP contribution in [0.5, 0.6) is 11.8 Å². The molecule has 92 valence electrons. The van der Waals surface area contributed by atoms with Crippen LogP contribution in [0.2, 0.25) is 0 Å². The molecule has 0 spiro atoms. The number of hydrogen-bond acceptors (Lipinski definition) is 5. The third-order valence-electron chi connectivity index (χ3n) is 2.08. The van der Waals surface area contributed by atoms with Crippen LogP contribution < -0.4 is 9.47 Å². The predicted molar refractivity (Wildman–Crippen MR) is 73.9 cm³/mol. The summed E-state index contributed by atoms with van der Waals surface area (Å²) in [6.07, 6.45) is 0. The Kier molecular flexibility index (Phi) is 6.01. The monoisotopic (exact) mass is 276 g/mol. The van der Waals surface area contributed by atoms with E-state index in [1.165, 1.54) is 0 Å². The summed E-state index contributed by atoms with van der Waals surface area (Å²) >= 11 is 3.82. The summed E-state index contributed by atoms with van der Waals surface area (Å²) in [5, 5.41) is 0. The SMILES string of the molecule is CCOc1ccc2[nH]c(OC(=O)CS)nc2c1.[NaH]. The van der Waals surface area contributed by atoms with Crippen LogP contribution in [0.15, 0.2) is 18.2 Å². The summed E-state index contributed by atoms with van der Waals surface area (Å²) in [5.41, 5.74) is 1.48. The fraction of sp³-hybridized carbons (Fsp3) is 0.273. The number of thiol groups is 1. The number of hydrogen-bond donors (Lipinski definition) is 2. The zero-order chi connectivity index (χ0) is 12.3. The summed E-state index contributed by atoms with van der Waals surface area (Å²) in [7, 11) is 0. The van der Waals surface area contributed by atoms with Gasteiger partial charge in [0, 0.05) is 6.07 Å². The predicted octanol–water partition coefficient (Wildman–Crippen LogP) is 1.15. The zero-order valence-electron chi connectivity index (χ0n) is 9.27. The summed E-state index contributed by atoms with van der Waals surface area (Å²) < 4.78 is 10.3. The summed E-state index contributed by atoms with van der Waals surface area (Å²) in [6.45, 7) is 2.51. The van der Waals surface area contributed by atoms with Crippen molar-refractivity contribution in [3.05, 3.63) is 18.2 Å². The number of imidazole rings is 1. The number of aromatic nitrogens is 2. The Labute approximate surface area is 132 Å². The molecule has 1 aromatic carbocycles. The Morgan fingerprint density at radius 2 is 2.28 bits per heavy atom. The molecular weight excluding hydrogens is 263 g/mol. The molecule has 5 nitrogen and oxygen atoms in total. The van der Waals surface area contributed by atoms with E-state index in [4.69, 9.17) is 9.47 Å². The average Bonchev–Trinajstić information content (AvgIpc) is 2.70. The molecule has 0 bridgehead atoms. The molecule has 0 atom stereocenters. The molecule has 0 aliphatic rings. The van der Waals surface area contributed by atoms with Gasteiger partial charge in [-0.15, -0.1) is 0 Å². The molecule has 0 saturated carbocycles. The van der Waals surface area contributed by atoms with Crippen molar-refractivity contribution in [1.82, 2.24) is 9.97 Å².